The fourth-order valence-electron chi connectivity index (χ4n) is 5.32. The Morgan fingerprint density at radius 1 is 0.977 bits per heavy atom. The highest BCUT2D eigenvalue weighted by atomic mass is 19.3. The number of rotatable bonds is 10. The standard InChI is InChI=1S/C31H42F2N4O7/c1-18(2)24(34-27(39)21-9-11-22(12-10-21)30(42)36-14-16-43-17-15-36)29(41)35-28(40)23-8-7-13-37(23)25(19(3)4)26(31(6,32)33)44-20(5)38/h9-12,18-19,23-24H,7-8,13-17H2,1-6H3,(H,34,39)(H,35,40,41)/b26-25-/t23-,24-/m0/s1. The molecule has 242 valence electrons. The Kier molecular flexibility index (Phi) is 11.6. The molecular formula is C31H42F2N4O7. The first-order valence-corrected chi connectivity index (χ1v) is 14.8. The lowest BCUT2D eigenvalue weighted by Crippen LogP contribution is -2.54. The largest absolute Gasteiger partial charge is 0.423 e. The first kappa shape index (κ1) is 34.6. The van der Waals surface area contributed by atoms with Gasteiger partial charge in [-0.15, -0.1) is 0 Å². The number of morpholine rings is 1. The summed E-state index contributed by atoms with van der Waals surface area (Å²) in [5, 5.41) is 5.01. The molecule has 0 unspecified atom stereocenters. The summed E-state index contributed by atoms with van der Waals surface area (Å²) >= 11 is 0. The normalized spacial score (nSPS) is 18.5. The van der Waals surface area contributed by atoms with Gasteiger partial charge in [0, 0.05) is 44.6 Å². The van der Waals surface area contributed by atoms with Crippen molar-refractivity contribution in [3.8, 4) is 0 Å². The maximum Gasteiger partial charge on any atom is 0.307 e. The van der Waals surface area contributed by atoms with Crippen LogP contribution in [0.3, 0.4) is 0 Å². The van der Waals surface area contributed by atoms with Crippen LogP contribution in [0.5, 0.6) is 0 Å². The molecule has 3 rings (SSSR count). The van der Waals surface area contributed by atoms with Crippen molar-refractivity contribution >= 4 is 29.6 Å². The Morgan fingerprint density at radius 3 is 2.09 bits per heavy atom. The molecule has 44 heavy (non-hydrogen) atoms. The minimum Gasteiger partial charge on any atom is -0.423 e. The second-order valence-electron chi connectivity index (χ2n) is 11.7. The Morgan fingerprint density at radius 2 is 1.57 bits per heavy atom. The minimum absolute atomic E-state index is 0.0158. The van der Waals surface area contributed by atoms with Crippen molar-refractivity contribution in [3.63, 3.8) is 0 Å². The van der Waals surface area contributed by atoms with Crippen LogP contribution < -0.4 is 10.6 Å². The van der Waals surface area contributed by atoms with Gasteiger partial charge >= 0.3 is 11.9 Å². The summed E-state index contributed by atoms with van der Waals surface area (Å²) in [7, 11) is 0. The van der Waals surface area contributed by atoms with E-state index in [-0.39, 0.29) is 30.1 Å². The maximum absolute atomic E-state index is 14.6. The van der Waals surface area contributed by atoms with E-state index < -0.39 is 59.3 Å². The summed E-state index contributed by atoms with van der Waals surface area (Å²) in [5.74, 6) is -8.37. The molecule has 0 spiro atoms. The van der Waals surface area contributed by atoms with Crippen molar-refractivity contribution in [3.05, 3.63) is 46.8 Å². The lowest BCUT2D eigenvalue weighted by atomic mass is 10.0. The topological polar surface area (TPSA) is 134 Å². The Hall–Kier alpha value is -3.87. The number of esters is 1. The number of ether oxygens (including phenoxy) is 2. The van der Waals surface area contributed by atoms with E-state index in [1.807, 2.05) is 0 Å². The second kappa shape index (κ2) is 14.7. The average molecular weight is 621 g/mol. The highest BCUT2D eigenvalue weighted by Gasteiger charge is 2.42. The zero-order valence-electron chi connectivity index (χ0n) is 26.1. The summed E-state index contributed by atoms with van der Waals surface area (Å²) in [5.41, 5.74) is 0.656. The molecule has 0 aliphatic carbocycles. The summed E-state index contributed by atoms with van der Waals surface area (Å²) < 4.78 is 39.4. The molecule has 2 fully saturated rings. The molecule has 0 bridgehead atoms. The Balaban J connectivity index is 1.73. The van der Waals surface area contributed by atoms with Gasteiger partial charge in [-0.1, -0.05) is 27.7 Å². The number of carbonyl (C=O) groups is 5. The number of amides is 4. The average Bonchev–Trinajstić information content (AvgIpc) is 3.44. The third-order valence-corrected chi connectivity index (χ3v) is 7.46. The van der Waals surface area contributed by atoms with Gasteiger partial charge in [0.25, 0.3) is 11.8 Å². The van der Waals surface area contributed by atoms with E-state index in [0.717, 1.165) is 6.92 Å². The van der Waals surface area contributed by atoms with Crippen molar-refractivity contribution in [1.82, 2.24) is 20.4 Å². The Bertz CT molecular complexity index is 1270. The maximum atomic E-state index is 14.6. The fraction of sp³-hybridized carbons (Fsp3) is 0.581. The van der Waals surface area contributed by atoms with Gasteiger partial charge in [-0.25, -0.2) is 0 Å². The van der Waals surface area contributed by atoms with Crippen LogP contribution in [-0.4, -0.2) is 90.3 Å². The molecule has 1 aromatic rings. The molecule has 13 heteroatoms. The summed E-state index contributed by atoms with van der Waals surface area (Å²) in [6.07, 6.45) is 0.770. The van der Waals surface area contributed by atoms with E-state index in [1.165, 1.54) is 17.0 Å². The molecule has 1 aromatic carbocycles. The van der Waals surface area contributed by atoms with Crippen molar-refractivity contribution < 1.29 is 42.2 Å². The number of hydrogen-bond acceptors (Lipinski definition) is 8. The van der Waals surface area contributed by atoms with E-state index in [0.29, 0.717) is 45.2 Å². The van der Waals surface area contributed by atoms with E-state index >= 15 is 0 Å². The number of hydrogen-bond donors (Lipinski definition) is 2. The third kappa shape index (κ3) is 8.61. The number of nitrogens with one attached hydrogen (secondary N) is 2. The van der Waals surface area contributed by atoms with Gasteiger partial charge in [-0.2, -0.15) is 8.78 Å². The highest BCUT2D eigenvalue weighted by Crippen LogP contribution is 2.36. The van der Waals surface area contributed by atoms with Gasteiger partial charge in [-0.05, 0) is 48.9 Å². The van der Waals surface area contributed by atoms with Gasteiger partial charge < -0.3 is 24.6 Å². The molecule has 4 amide bonds. The summed E-state index contributed by atoms with van der Waals surface area (Å²) in [6.45, 7) is 10.5. The molecule has 2 saturated heterocycles. The number of benzene rings is 1. The van der Waals surface area contributed by atoms with Gasteiger partial charge in [0.1, 0.15) is 12.1 Å². The van der Waals surface area contributed by atoms with Crippen LogP contribution in [0.15, 0.2) is 35.7 Å². The monoisotopic (exact) mass is 620 g/mol. The molecule has 2 aliphatic rings. The number of halogens is 2. The molecule has 2 heterocycles. The summed E-state index contributed by atoms with van der Waals surface area (Å²) in [6, 6.07) is 4.00. The van der Waals surface area contributed by atoms with Crippen LogP contribution in [-0.2, 0) is 23.9 Å². The van der Waals surface area contributed by atoms with Crippen molar-refractivity contribution in [2.24, 2.45) is 11.8 Å². The Labute approximate surface area is 256 Å². The van der Waals surface area contributed by atoms with Crippen molar-refractivity contribution in [2.45, 2.75) is 72.4 Å². The van der Waals surface area contributed by atoms with Gasteiger partial charge in [-0.3, -0.25) is 29.3 Å². The lowest BCUT2D eigenvalue weighted by Gasteiger charge is -2.33. The second-order valence-corrected chi connectivity index (χ2v) is 11.7. The number of imide groups is 1. The van der Waals surface area contributed by atoms with Crippen LogP contribution in [0, 0.1) is 11.8 Å². The molecule has 2 atom stereocenters. The number of nitrogens with zero attached hydrogens (tertiary/aromatic N) is 2. The highest BCUT2D eigenvalue weighted by molar-refractivity contribution is 6.03. The van der Waals surface area contributed by atoms with Crippen LogP contribution in [0.2, 0.25) is 0 Å². The minimum atomic E-state index is -3.49. The van der Waals surface area contributed by atoms with E-state index in [9.17, 15) is 32.8 Å². The third-order valence-electron chi connectivity index (χ3n) is 7.46. The van der Waals surface area contributed by atoms with Crippen molar-refractivity contribution in [1.29, 1.82) is 0 Å². The number of alkyl halides is 2. The first-order valence-electron chi connectivity index (χ1n) is 14.8. The number of carbonyl (C=O) groups excluding carboxylic acids is 5. The van der Waals surface area contributed by atoms with E-state index in [1.54, 1.807) is 44.7 Å². The van der Waals surface area contributed by atoms with Crippen LogP contribution in [0.25, 0.3) is 0 Å². The quantitative estimate of drug-likeness (QED) is 0.301. The smallest absolute Gasteiger partial charge is 0.307 e. The molecule has 11 nitrogen and oxygen atoms in total. The van der Waals surface area contributed by atoms with Crippen LogP contribution in [0.4, 0.5) is 8.78 Å². The molecule has 0 radical (unpaired) electrons. The van der Waals surface area contributed by atoms with Gasteiger partial charge in [0.15, 0.2) is 5.76 Å². The molecule has 2 aliphatic heterocycles. The zero-order valence-corrected chi connectivity index (χ0v) is 26.1. The van der Waals surface area contributed by atoms with Crippen LogP contribution in [0.1, 0.15) is 75.1 Å². The number of likely N-dealkylation sites (tertiary alicyclic amines) is 1. The van der Waals surface area contributed by atoms with Gasteiger partial charge in [0.2, 0.25) is 11.8 Å². The predicted octanol–water partition coefficient (Wildman–Crippen LogP) is 3.11. The summed E-state index contributed by atoms with van der Waals surface area (Å²) in [4.78, 5) is 67.2. The zero-order chi connectivity index (χ0) is 32.8. The van der Waals surface area contributed by atoms with E-state index in [2.05, 4.69) is 10.6 Å². The molecule has 2 N–H and O–H groups in total. The fourth-order valence-corrected chi connectivity index (χ4v) is 5.32. The molecule has 0 saturated carbocycles. The SMILES string of the molecule is CC(=O)O/C(=C(/C(C)C)N1CCC[C@H]1C(=O)NC(=O)[C@@H](NC(=O)c1ccc(C(=O)N2CCOCC2)cc1)C(C)C)C(C)(F)F. The lowest BCUT2D eigenvalue weighted by molar-refractivity contribution is -0.142. The van der Waals surface area contributed by atoms with E-state index in [4.69, 9.17) is 9.47 Å². The van der Waals surface area contributed by atoms with Crippen LogP contribution >= 0.6 is 0 Å². The van der Waals surface area contributed by atoms with Crippen molar-refractivity contribution in [2.75, 3.05) is 32.8 Å². The predicted molar refractivity (Wildman–Crippen MR) is 156 cm³/mol. The van der Waals surface area contributed by atoms with Gasteiger partial charge in [0.05, 0.1) is 18.9 Å². The molecule has 0 aromatic heterocycles. The number of allylic oxidation sites excluding steroid dienone is 2. The molecular weight excluding hydrogens is 578 g/mol. The first-order chi connectivity index (χ1) is 20.6.